The highest BCUT2D eigenvalue weighted by Gasteiger charge is 2.24. The second-order valence-corrected chi connectivity index (χ2v) is 6.94. The molecule has 0 heterocycles. The molecule has 0 saturated carbocycles. The number of rotatable bonds is 7. The SMILES string of the molecule is CNNc1ccc(NC(=O)C(NC(=O)Nc2ccc(Cl)cc2)c2ccccc2)c(F)c1. The third-order valence-electron chi connectivity index (χ3n) is 4.27. The van der Waals surface area contributed by atoms with Gasteiger partial charge in [0.05, 0.1) is 11.4 Å². The van der Waals surface area contributed by atoms with E-state index in [9.17, 15) is 14.0 Å². The average Bonchev–Trinajstić information content (AvgIpc) is 2.76. The van der Waals surface area contributed by atoms with Crippen LogP contribution in [0.2, 0.25) is 5.02 Å². The van der Waals surface area contributed by atoms with Gasteiger partial charge in [-0.3, -0.25) is 4.79 Å². The molecule has 0 fully saturated rings. The molecule has 0 spiro atoms. The van der Waals surface area contributed by atoms with E-state index < -0.39 is 23.8 Å². The number of urea groups is 1. The summed E-state index contributed by atoms with van der Waals surface area (Å²) in [4.78, 5) is 25.4. The lowest BCUT2D eigenvalue weighted by Gasteiger charge is -2.20. The van der Waals surface area contributed by atoms with E-state index in [4.69, 9.17) is 11.6 Å². The maximum absolute atomic E-state index is 14.4. The zero-order chi connectivity index (χ0) is 22.2. The second-order valence-electron chi connectivity index (χ2n) is 6.51. The van der Waals surface area contributed by atoms with Crippen molar-refractivity contribution in [3.8, 4) is 0 Å². The number of nitrogens with one attached hydrogen (secondary N) is 5. The van der Waals surface area contributed by atoms with E-state index in [-0.39, 0.29) is 5.69 Å². The number of benzene rings is 3. The number of hydrazine groups is 1. The molecule has 0 aliphatic rings. The van der Waals surface area contributed by atoms with Crippen molar-refractivity contribution in [1.82, 2.24) is 10.7 Å². The van der Waals surface area contributed by atoms with Crippen molar-refractivity contribution in [2.75, 3.05) is 23.1 Å². The Balaban J connectivity index is 1.76. The average molecular weight is 442 g/mol. The number of carbonyl (C=O) groups is 2. The summed E-state index contributed by atoms with van der Waals surface area (Å²) in [5.74, 6) is -1.21. The summed E-state index contributed by atoms with van der Waals surface area (Å²) in [5, 5.41) is 8.34. The van der Waals surface area contributed by atoms with Crippen LogP contribution >= 0.6 is 11.6 Å². The molecule has 5 N–H and O–H groups in total. The van der Waals surface area contributed by atoms with Gasteiger partial charge in [-0.1, -0.05) is 41.9 Å². The Kier molecular flexibility index (Phi) is 7.42. The Morgan fingerprint density at radius 2 is 1.58 bits per heavy atom. The molecule has 1 unspecified atom stereocenters. The predicted molar refractivity (Wildman–Crippen MR) is 121 cm³/mol. The fraction of sp³-hybridized carbons (Fsp3) is 0.0909. The highest BCUT2D eigenvalue weighted by molar-refractivity contribution is 6.30. The summed E-state index contributed by atoms with van der Waals surface area (Å²) in [6.45, 7) is 0. The number of carbonyl (C=O) groups excluding carboxylic acids is 2. The summed E-state index contributed by atoms with van der Waals surface area (Å²) >= 11 is 5.85. The Bertz CT molecular complexity index is 1050. The standard InChI is InChI=1S/C22H21ClFN5O2/c1-25-29-17-11-12-19(18(24)13-17)27-21(30)20(14-5-3-2-4-6-14)28-22(31)26-16-9-7-15(23)8-10-16/h2-13,20,25,29H,1H3,(H,27,30)(H2,26,28,31). The molecule has 9 heteroatoms. The van der Waals surface area contributed by atoms with E-state index in [2.05, 4.69) is 26.8 Å². The van der Waals surface area contributed by atoms with Gasteiger partial charge < -0.3 is 21.4 Å². The fourth-order valence-corrected chi connectivity index (χ4v) is 2.95. The molecule has 31 heavy (non-hydrogen) atoms. The van der Waals surface area contributed by atoms with Gasteiger partial charge in [-0.2, -0.15) is 0 Å². The summed E-state index contributed by atoms with van der Waals surface area (Å²) in [5.41, 5.74) is 6.98. The number of halogens is 2. The van der Waals surface area contributed by atoms with Gasteiger partial charge in [-0.15, -0.1) is 0 Å². The number of hydrogen-bond acceptors (Lipinski definition) is 4. The first kappa shape index (κ1) is 22.1. The topological polar surface area (TPSA) is 94.3 Å². The van der Waals surface area contributed by atoms with E-state index in [0.717, 1.165) is 0 Å². The van der Waals surface area contributed by atoms with Crippen LogP contribution in [0.1, 0.15) is 11.6 Å². The van der Waals surface area contributed by atoms with Crippen LogP contribution in [0, 0.1) is 5.82 Å². The second kappa shape index (κ2) is 10.4. The molecule has 3 rings (SSSR count). The van der Waals surface area contributed by atoms with E-state index in [1.54, 1.807) is 67.7 Å². The largest absolute Gasteiger partial charge is 0.322 e. The first-order valence-corrected chi connectivity index (χ1v) is 9.75. The monoisotopic (exact) mass is 441 g/mol. The molecule has 7 nitrogen and oxygen atoms in total. The third kappa shape index (κ3) is 6.18. The zero-order valence-electron chi connectivity index (χ0n) is 16.6. The van der Waals surface area contributed by atoms with E-state index in [1.165, 1.54) is 12.1 Å². The Hall–Kier alpha value is -3.62. The summed E-state index contributed by atoms with van der Waals surface area (Å²) in [6, 6.07) is 17.8. The number of hydrogen-bond donors (Lipinski definition) is 5. The van der Waals surface area contributed by atoms with Gasteiger partial charge in [0.25, 0.3) is 5.91 Å². The molecule has 160 valence electrons. The molecule has 3 amide bonds. The molecule has 0 bridgehead atoms. The van der Waals surface area contributed by atoms with Crippen molar-refractivity contribution < 1.29 is 14.0 Å². The van der Waals surface area contributed by atoms with Crippen LogP contribution in [0.5, 0.6) is 0 Å². The molecule has 3 aromatic carbocycles. The van der Waals surface area contributed by atoms with Gasteiger partial charge in [-0.25, -0.2) is 14.6 Å². The minimum atomic E-state index is -1.05. The molecular formula is C22H21ClFN5O2. The van der Waals surface area contributed by atoms with Crippen LogP contribution in [-0.4, -0.2) is 19.0 Å². The van der Waals surface area contributed by atoms with Crippen LogP contribution in [0.3, 0.4) is 0 Å². The molecule has 1 atom stereocenters. The minimum absolute atomic E-state index is 0.00695. The van der Waals surface area contributed by atoms with Crippen LogP contribution in [0.25, 0.3) is 0 Å². The lowest BCUT2D eigenvalue weighted by molar-refractivity contribution is -0.118. The Morgan fingerprint density at radius 3 is 2.23 bits per heavy atom. The van der Waals surface area contributed by atoms with Gasteiger partial charge in [0, 0.05) is 23.8 Å². The van der Waals surface area contributed by atoms with Crippen molar-refractivity contribution in [2.24, 2.45) is 0 Å². The smallest absolute Gasteiger partial charge is 0.320 e. The quantitative estimate of drug-likeness (QED) is 0.348. The van der Waals surface area contributed by atoms with Crippen molar-refractivity contribution in [2.45, 2.75) is 6.04 Å². The van der Waals surface area contributed by atoms with Crippen molar-refractivity contribution >= 4 is 40.6 Å². The molecule has 0 saturated heterocycles. The minimum Gasteiger partial charge on any atom is -0.322 e. The summed E-state index contributed by atoms with van der Waals surface area (Å²) in [6.07, 6.45) is 0. The normalized spacial score (nSPS) is 11.3. The van der Waals surface area contributed by atoms with Crippen LogP contribution in [0.4, 0.5) is 26.2 Å². The Labute approximate surface area is 184 Å². The highest BCUT2D eigenvalue weighted by atomic mass is 35.5. The Morgan fingerprint density at radius 1 is 0.903 bits per heavy atom. The summed E-state index contributed by atoms with van der Waals surface area (Å²) < 4.78 is 14.4. The number of amides is 3. The maximum atomic E-state index is 14.4. The molecule has 3 aromatic rings. The van der Waals surface area contributed by atoms with E-state index in [0.29, 0.717) is 22.0 Å². The van der Waals surface area contributed by atoms with Crippen molar-refractivity contribution in [1.29, 1.82) is 0 Å². The first-order chi connectivity index (χ1) is 15.0. The van der Waals surface area contributed by atoms with Gasteiger partial charge in [-0.05, 0) is 42.0 Å². The van der Waals surface area contributed by atoms with Crippen molar-refractivity contribution in [3.05, 3.63) is 89.2 Å². The van der Waals surface area contributed by atoms with Crippen LogP contribution in [-0.2, 0) is 4.79 Å². The molecule has 0 radical (unpaired) electrons. The van der Waals surface area contributed by atoms with Gasteiger partial charge in [0.15, 0.2) is 0 Å². The van der Waals surface area contributed by atoms with Gasteiger partial charge in [0.1, 0.15) is 11.9 Å². The predicted octanol–water partition coefficient (Wildman–Crippen LogP) is 4.53. The van der Waals surface area contributed by atoms with Crippen molar-refractivity contribution in [3.63, 3.8) is 0 Å². The molecular weight excluding hydrogens is 421 g/mol. The molecule has 0 aliphatic heterocycles. The van der Waals surface area contributed by atoms with Crippen LogP contribution < -0.4 is 26.8 Å². The summed E-state index contributed by atoms with van der Waals surface area (Å²) in [7, 11) is 1.65. The fourth-order valence-electron chi connectivity index (χ4n) is 2.82. The number of anilines is 3. The maximum Gasteiger partial charge on any atom is 0.320 e. The lowest BCUT2D eigenvalue weighted by atomic mass is 10.1. The molecule has 0 aromatic heterocycles. The molecule has 0 aliphatic carbocycles. The van der Waals surface area contributed by atoms with Gasteiger partial charge >= 0.3 is 6.03 Å². The van der Waals surface area contributed by atoms with E-state index >= 15 is 0 Å². The van der Waals surface area contributed by atoms with E-state index in [1.807, 2.05) is 0 Å². The lowest BCUT2D eigenvalue weighted by Crippen LogP contribution is -2.39. The van der Waals surface area contributed by atoms with Gasteiger partial charge in [0.2, 0.25) is 0 Å². The van der Waals surface area contributed by atoms with Crippen LogP contribution in [0.15, 0.2) is 72.8 Å². The zero-order valence-corrected chi connectivity index (χ0v) is 17.3. The first-order valence-electron chi connectivity index (χ1n) is 9.37. The third-order valence-corrected chi connectivity index (χ3v) is 4.52. The highest BCUT2D eigenvalue weighted by Crippen LogP contribution is 2.22.